The van der Waals surface area contributed by atoms with Crippen LogP contribution in [-0.4, -0.2) is 26.0 Å². The second-order valence-electron chi connectivity index (χ2n) is 3.85. The van der Waals surface area contributed by atoms with Crippen molar-refractivity contribution >= 4 is 5.97 Å². The van der Waals surface area contributed by atoms with Gasteiger partial charge in [0.15, 0.2) is 6.79 Å². The summed E-state index contributed by atoms with van der Waals surface area (Å²) in [5.74, 6) is 0.327. The van der Waals surface area contributed by atoms with Gasteiger partial charge >= 0.3 is 5.97 Å². The molecule has 0 rings (SSSR count). The van der Waals surface area contributed by atoms with E-state index in [1.54, 1.807) is 13.8 Å². The van der Waals surface area contributed by atoms with Gasteiger partial charge in [0.05, 0.1) is 19.0 Å². The molecule has 0 bridgehead atoms. The van der Waals surface area contributed by atoms with Crippen molar-refractivity contribution in [2.24, 2.45) is 0 Å². The van der Waals surface area contributed by atoms with Crippen molar-refractivity contribution in [1.29, 1.82) is 0 Å². The molecule has 17 heavy (non-hydrogen) atoms. The van der Waals surface area contributed by atoms with Gasteiger partial charge in [0, 0.05) is 5.57 Å². The maximum absolute atomic E-state index is 11.0. The van der Waals surface area contributed by atoms with Gasteiger partial charge in [-0.05, 0) is 33.1 Å². The van der Waals surface area contributed by atoms with Gasteiger partial charge in [-0.1, -0.05) is 13.2 Å². The number of rotatable bonds is 10. The lowest BCUT2D eigenvalue weighted by Crippen LogP contribution is -2.06. The number of esters is 1. The smallest absolute Gasteiger partial charge is 0.333 e. The largest absolute Gasteiger partial charge is 0.473 e. The molecule has 4 heteroatoms. The van der Waals surface area contributed by atoms with Gasteiger partial charge in [0.1, 0.15) is 0 Å². The van der Waals surface area contributed by atoms with Gasteiger partial charge in [0.2, 0.25) is 0 Å². The highest BCUT2D eigenvalue weighted by Crippen LogP contribution is 2.00. The Bertz CT molecular complexity index is 258. The molecule has 0 radical (unpaired) electrons. The van der Waals surface area contributed by atoms with Crippen LogP contribution in [0.5, 0.6) is 0 Å². The quantitative estimate of drug-likeness (QED) is 0.194. The highest BCUT2D eigenvalue weighted by atomic mass is 16.7. The molecule has 0 amide bonds. The average Bonchev–Trinajstić information content (AvgIpc) is 2.25. The van der Waals surface area contributed by atoms with Crippen molar-refractivity contribution in [2.45, 2.75) is 33.1 Å². The Labute approximate surface area is 103 Å². The number of carbonyl (C=O) groups is 1. The van der Waals surface area contributed by atoms with E-state index in [1.165, 1.54) is 0 Å². The molecule has 0 saturated heterocycles. The van der Waals surface area contributed by atoms with E-state index in [2.05, 4.69) is 13.2 Å². The molecule has 0 aromatic carbocycles. The van der Waals surface area contributed by atoms with Crippen LogP contribution in [0.4, 0.5) is 0 Å². The summed E-state index contributed by atoms with van der Waals surface area (Å²) in [6, 6.07) is 0. The molecule has 0 aliphatic carbocycles. The lowest BCUT2D eigenvalue weighted by Gasteiger charge is -2.06. The molecular weight excluding hydrogens is 220 g/mol. The number of ether oxygens (including phenoxy) is 3. The van der Waals surface area contributed by atoms with E-state index < -0.39 is 0 Å². The predicted octanol–water partition coefficient (Wildman–Crippen LogP) is 2.80. The lowest BCUT2D eigenvalue weighted by molar-refractivity contribution is -0.139. The molecule has 4 nitrogen and oxygen atoms in total. The topological polar surface area (TPSA) is 44.8 Å². The van der Waals surface area contributed by atoms with Crippen molar-refractivity contribution in [2.75, 3.05) is 20.0 Å². The third kappa shape index (κ3) is 11.0. The van der Waals surface area contributed by atoms with Gasteiger partial charge in [-0.2, -0.15) is 0 Å². The molecule has 0 aromatic rings. The van der Waals surface area contributed by atoms with Crippen LogP contribution in [0.2, 0.25) is 0 Å². The molecule has 0 spiro atoms. The molecular formula is C13H22O4. The van der Waals surface area contributed by atoms with E-state index in [9.17, 15) is 4.79 Å². The molecule has 0 aliphatic rings. The van der Waals surface area contributed by atoms with Crippen molar-refractivity contribution in [3.8, 4) is 0 Å². The molecule has 98 valence electrons. The van der Waals surface area contributed by atoms with Crippen LogP contribution in [0.3, 0.4) is 0 Å². The SMILES string of the molecule is C=C(C)OCOCCCCCOC(=O)C(=C)C. The molecule has 0 aromatic heterocycles. The Balaban J connectivity index is 3.16. The Morgan fingerprint density at radius 3 is 2.24 bits per heavy atom. The van der Waals surface area contributed by atoms with Crippen LogP contribution in [0, 0.1) is 0 Å². The van der Waals surface area contributed by atoms with Crippen LogP contribution in [0.25, 0.3) is 0 Å². The first-order valence-corrected chi connectivity index (χ1v) is 5.72. The lowest BCUT2D eigenvalue weighted by atomic mass is 10.2. The van der Waals surface area contributed by atoms with Crippen molar-refractivity contribution in [3.05, 3.63) is 24.5 Å². The maximum atomic E-state index is 11.0. The number of hydrogen-bond donors (Lipinski definition) is 0. The van der Waals surface area contributed by atoms with E-state index in [4.69, 9.17) is 14.2 Å². The summed E-state index contributed by atoms with van der Waals surface area (Å²) in [4.78, 5) is 11.0. The second-order valence-corrected chi connectivity index (χ2v) is 3.85. The number of hydrogen-bond acceptors (Lipinski definition) is 4. The second kappa shape index (κ2) is 9.90. The van der Waals surface area contributed by atoms with Crippen LogP contribution in [-0.2, 0) is 19.0 Å². The Kier molecular flexibility index (Phi) is 9.15. The van der Waals surface area contributed by atoms with E-state index >= 15 is 0 Å². The van der Waals surface area contributed by atoms with Crippen molar-refractivity contribution < 1.29 is 19.0 Å². The fourth-order valence-corrected chi connectivity index (χ4v) is 0.972. The summed E-state index contributed by atoms with van der Waals surface area (Å²) in [6.45, 7) is 11.8. The standard InChI is InChI=1S/C13H22O4/c1-11(2)13(14)16-9-7-5-6-8-15-10-17-12(3)4/h1,3,5-10H2,2,4H3. The van der Waals surface area contributed by atoms with Gasteiger partial charge in [-0.15, -0.1) is 0 Å². The van der Waals surface area contributed by atoms with E-state index in [-0.39, 0.29) is 12.8 Å². The fraction of sp³-hybridized carbons (Fsp3) is 0.615. The molecule has 0 aliphatic heterocycles. The van der Waals surface area contributed by atoms with Crippen LogP contribution >= 0.6 is 0 Å². The number of allylic oxidation sites excluding steroid dienone is 1. The van der Waals surface area contributed by atoms with Crippen LogP contribution < -0.4 is 0 Å². The summed E-state index contributed by atoms with van der Waals surface area (Å²) < 4.78 is 15.2. The van der Waals surface area contributed by atoms with Crippen molar-refractivity contribution in [3.63, 3.8) is 0 Å². The van der Waals surface area contributed by atoms with Gasteiger partial charge < -0.3 is 14.2 Å². The van der Waals surface area contributed by atoms with Crippen LogP contribution in [0.1, 0.15) is 33.1 Å². The highest BCUT2D eigenvalue weighted by Gasteiger charge is 2.01. The first-order chi connectivity index (χ1) is 8.04. The molecule has 0 N–H and O–H groups in total. The Morgan fingerprint density at radius 2 is 1.65 bits per heavy atom. The van der Waals surface area contributed by atoms with Crippen molar-refractivity contribution in [1.82, 2.24) is 0 Å². The van der Waals surface area contributed by atoms with Crippen LogP contribution in [0.15, 0.2) is 24.5 Å². The number of carbonyl (C=O) groups excluding carboxylic acids is 1. The van der Waals surface area contributed by atoms with Gasteiger partial charge in [-0.3, -0.25) is 0 Å². The summed E-state index contributed by atoms with van der Waals surface area (Å²) in [5, 5.41) is 0. The molecule has 0 atom stereocenters. The molecule has 0 unspecified atom stereocenters. The maximum Gasteiger partial charge on any atom is 0.333 e. The minimum Gasteiger partial charge on any atom is -0.473 e. The summed E-state index contributed by atoms with van der Waals surface area (Å²) in [5.41, 5.74) is 0.435. The molecule has 0 fully saturated rings. The zero-order valence-corrected chi connectivity index (χ0v) is 10.8. The Morgan fingerprint density at radius 1 is 1.00 bits per heavy atom. The molecule has 0 saturated carbocycles. The number of unbranched alkanes of at least 4 members (excludes halogenated alkanes) is 2. The molecule has 0 heterocycles. The third-order valence-corrected chi connectivity index (χ3v) is 1.90. The summed E-state index contributed by atoms with van der Waals surface area (Å²) in [6.07, 6.45) is 2.71. The zero-order valence-electron chi connectivity index (χ0n) is 10.8. The first kappa shape index (κ1) is 15.7. The summed E-state index contributed by atoms with van der Waals surface area (Å²) >= 11 is 0. The van der Waals surface area contributed by atoms with Gasteiger partial charge in [0.25, 0.3) is 0 Å². The summed E-state index contributed by atoms with van der Waals surface area (Å²) in [7, 11) is 0. The minimum atomic E-state index is -0.323. The highest BCUT2D eigenvalue weighted by molar-refractivity contribution is 5.86. The van der Waals surface area contributed by atoms with E-state index in [1.807, 2.05) is 0 Å². The fourth-order valence-electron chi connectivity index (χ4n) is 0.972. The average molecular weight is 242 g/mol. The first-order valence-electron chi connectivity index (χ1n) is 5.72. The normalized spacial score (nSPS) is 9.76. The Hall–Kier alpha value is -1.29. The monoisotopic (exact) mass is 242 g/mol. The predicted molar refractivity (Wildman–Crippen MR) is 66.3 cm³/mol. The van der Waals surface area contributed by atoms with E-state index in [0.29, 0.717) is 24.5 Å². The van der Waals surface area contributed by atoms with Gasteiger partial charge in [-0.25, -0.2) is 4.79 Å². The minimum absolute atomic E-state index is 0.250. The van der Waals surface area contributed by atoms with E-state index in [0.717, 1.165) is 19.3 Å². The zero-order chi connectivity index (χ0) is 13.1. The third-order valence-electron chi connectivity index (χ3n) is 1.90.